The van der Waals surface area contributed by atoms with E-state index in [2.05, 4.69) is 26.1 Å². The smallest absolute Gasteiger partial charge is 0.251 e. The number of ether oxygens (including phenoxy) is 1. The summed E-state index contributed by atoms with van der Waals surface area (Å²) in [4.78, 5) is 12.6. The maximum absolute atomic E-state index is 12.6. The SMILES string of the molecule is COCc1ccc(C(=O)NC2CC3CCC2(C)C3(C)C)cc1. The van der Waals surface area contributed by atoms with Gasteiger partial charge in [0.1, 0.15) is 0 Å². The Labute approximate surface area is 133 Å². The first-order valence-electron chi connectivity index (χ1n) is 8.27. The molecular formula is C19H27NO2. The van der Waals surface area contributed by atoms with Gasteiger partial charge in [-0.3, -0.25) is 4.79 Å². The Morgan fingerprint density at radius 2 is 1.95 bits per heavy atom. The van der Waals surface area contributed by atoms with E-state index in [9.17, 15) is 4.79 Å². The van der Waals surface area contributed by atoms with Gasteiger partial charge >= 0.3 is 0 Å². The van der Waals surface area contributed by atoms with E-state index in [0.29, 0.717) is 18.1 Å². The molecule has 0 spiro atoms. The van der Waals surface area contributed by atoms with Crippen molar-refractivity contribution < 1.29 is 9.53 Å². The molecule has 1 aromatic rings. The summed E-state index contributed by atoms with van der Waals surface area (Å²) in [5.74, 6) is 0.797. The van der Waals surface area contributed by atoms with Gasteiger partial charge in [0.15, 0.2) is 0 Å². The van der Waals surface area contributed by atoms with Crippen molar-refractivity contribution in [2.24, 2.45) is 16.7 Å². The summed E-state index contributed by atoms with van der Waals surface area (Å²) < 4.78 is 5.10. The van der Waals surface area contributed by atoms with Gasteiger partial charge < -0.3 is 10.1 Å². The molecule has 3 rings (SSSR count). The Morgan fingerprint density at radius 1 is 1.27 bits per heavy atom. The van der Waals surface area contributed by atoms with Gasteiger partial charge in [-0.2, -0.15) is 0 Å². The molecule has 2 aliphatic rings. The number of carbonyl (C=O) groups is 1. The number of methoxy groups -OCH3 is 1. The summed E-state index contributed by atoms with van der Waals surface area (Å²) in [5.41, 5.74) is 2.38. The topological polar surface area (TPSA) is 38.3 Å². The lowest BCUT2D eigenvalue weighted by Crippen LogP contribution is -2.46. The van der Waals surface area contributed by atoms with Crippen LogP contribution in [0.25, 0.3) is 0 Å². The summed E-state index contributed by atoms with van der Waals surface area (Å²) in [6, 6.07) is 8.01. The Balaban J connectivity index is 1.70. The number of benzene rings is 1. The average Bonchev–Trinajstić information content (AvgIpc) is 2.81. The molecule has 2 saturated carbocycles. The van der Waals surface area contributed by atoms with Gasteiger partial charge in [0, 0.05) is 18.7 Å². The fourth-order valence-electron chi connectivity index (χ4n) is 4.58. The van der Waals surface area contributed by atoms with Crippen molar-refractivity contribution in [1.29, 1.82) is 0 Å². The lowest BCUT2D eigenvalue weighted by Gasteiger charge is -2.39. The zero-order chi connectivity index (χ0) is 16.0. The van der Waals surface area contributed by atoms with E-state index < -0.39 is 0 Å². The van der Waals surface area contributed by atoms with Crippen LogP contribution >= 0.6 is 0 Å². The van der Waals surface area contributed by atoms with E-state index in [-0.39, 0.29) is 11.3 Å². The Bertz CT molecular complexity index is 563. The van der Waals surface area contributed by atoms with Crippen LogP contribution in [0.15, 0.2) is 24.3 Å². The van der Waals surface area contributed by atoms with Crippen molar-refractivity contribution in [1.82, 2.24) is 5.32 Å². The van der Waals surface area contributed by atoms with Crippen LogP contribution in [0.5, 0.6) is 0 Å². The summed E-state index contributed by atoms with van der Waals surface area (Å²) >= 11 is 0. The van der Waals surface area contributed by atoms with E-state index in [4.69, 9.17) is 4.74 Å². The van der Waals surface area contributed by atoms with Crippen LogP contribution in [-0.2, 0) is 11.3 Å². The maximum Gasteiger partial charge on any atom is 0.251 e. The highest BCUT2D eigenvalue weighted by Gasteiger charge is 2.61. The second kappa shape index (κ2) is 5.38. The van der Waals surface area contributed by atoms with Crippen molar-refractivity contribution >= 4 is 5.91 Å². The monoisotopic (exact) mass is 301 g/mol. The van der Waals surface area contributed by atoms with E-state index in [0.717, 1.165) is 23.5 Å². The molecule has 1 N–H and O–H groups in total. The van der Waals surface area contributed by atoms with Crippen LogP contribution in [0.3, 0.4) is 0 Å². The first-order valence-corrected chi connectivity index (χ1v) is 8.27. The van der Waals surface area contributed by atoms with Gasteiger partial charge in [0.05, 0.1) is 6.61 Å². The number of fused-ring (bicyclic) bond motifs is 2. The third kappa shape index (κ3) is 2.26. The second-order valence-corrected chi connectivity index (χ2v) is 7.77. The second-order valence-electron chi connectivity index (χ2n) is 7.77. The molecular weight excluding hydrogens is 274 g/mol. The van der Waals surface area contributed by atoms with Crippen LogP contribution in [0.2, 0.25) is 0 Å². The van der Waals surface area contributed by atoms with Gasteiger partial charge in [-0.05, 0) is 53.7 Å². The van der Waals surface area contributed by atoms with Gasteiger partial charge in [-0.25, -0.2) is 0 Å². The molecule has 0 radical (unpaired) electrons. The highest BCUT2D eigenvalue weighted by Crippen LogP contribution is 2.65. The third-order valence-corrected chi connectivity index (χ3v) is 6.63. The zero-order valence-electron chi connectivity index (χ0n) is 14.1. The van der Waals surface area contributed by atoms with E-state index in [1.54, 1.807) is 7.11 Å². The average molecular weight is 301 g/mol. The van der Waals surface area contributed by atoms with E-state index in [1.165, 1.54) is 12.8 Å². The number of amides is 1. The minimum atomic E-state index is 0.0542. The molecule has 3 atom stereocenters. The Morgan fingerprint density at radius 3 is 2.45 bits per heavy atom. The third-order valence-electron chi connectivity index (χ3n) is 6.63. The summed E-state index contributed by atoms with van der Waals surface area (Å²) in [5, 5.41) is 3.30. The molecule has 1 aromatic carbocycles. The Hall–Kier alpha value is -1.35. The maximum atomic E-state index is 12.6. The molecule has 2 aliphatic carbocycles. The predicted octanol–water partition coefficient (Wildman–Crippen LogP) is 3.78. The normalized spacial score (nSPS) is 32.2. The van der Waals surface area contributed by atoms with Gasteiger partial charge in [0.25, 0.3) is 5.91 Å². The van der Waals surface area contributed by atoms with E-state index in [1.807, 2.05) is 24.3 Å². The molecule has 0 aromatic heterocycles. The van der Waals surface area contributed by atoms with Crippen LogP contribution in [0.4, 0.5) is 0 Å². The van der Waals surface area contributed by atoms with Crippen molar-refractivity contribution in [3.05, 3.63) is 35.4 Å². The van der Waals surface area contributed by atoms with Gasteiger partial charge in [-0.1, -0.05) is 32.9 Å². The molecule has 120 valence electrons. The highest BCUT2D eigenvalue weighted by atomic mass is 16.5. The molecule has 22 heavy (non-hydrogen) atoms. The minimum absolute atomic E-state index is 0.0542. The number of carbonyl (C=O) groups excluding carboxylic acids is 1. The van der Waals surface area contributed by atoms with Gasteiger partial charge in [0.2, 0.25) is 0 Å². The van der Waals surface area contributed by atoms with E-state index >= 15 is 0 Å². The summed E-state index contributed by atoms with van der Waals surface area (Å²) in [6.45, 7) is 7.68. The zero-order valence-corrected chi connectivity index (χ0v) is 14.1. The molecule has 1 amide bonds. The van der Waals surface area contributed by atoms with Crippen molar-refractivity contribution in [3.8, 4) is 0 Å². The van der Waals surface area contributed by atoms with Crippen LogP contribution in [0, 0.1) is 16.7 Å². The van der Waals surface area contributed by atoms with Crippen molar-refractivity contribution in [3.63, 3.8) is 0 Å². The fraction of sp³-hybridized carbons (Fsp3) is 0.632. The molecule has 0 aliphatic heterocycles. The van der Waals surface area contributed by atoms with Crippen molar-refractivity contribution in [2.75, 3.05) is 7.11 Å². The summed E-state index contributed by atoms with van der Waals surface area (Å²) in [7, 11) is 1.68. The number of rotatable bonds is 4. The standard InChI is InChI=1S/C19H27NO2/c1-18(2)15-9-10-19(18,3)16(11-15)20-17(21)14-7-5-13(6-8-14)12-22-4/h5-8,15-16H,9-12H2,1-4H3,(H,20,21). The van der Waals surface area contributed by atoms with Crippen molar-refractivity contribution in [2.45, 2.75) is 52.7 Å². The van der Waals surface area contributed by atoms with Crippen LogP contribution in [0.1, 0.15) is 56.0 Å². The lowest BCUT2D eigenvalue weighted by atomic mass is 9.69. The molecule has 3 nitrogen and oxygen atoms in total. The predicted molar refractivity (Wildman–Crippen MR) is 87.6 cm³/mol. The molecule has 2 bridgehead atoms. The largest absolute Gasteiger partial charge is 0.380 e. The molecule has 3 heteroatoms. The molecule has 3 unspecified atom stereocenters. The van der Waals surface area contributed by atoms with Gasteiger partial charge in [-0.15, -0.1) is 0 Å². The van der Waals surface area contributed by atoms with Crippen LogP contribution < -0.4 is 5.32 Å². The molecule has 2 fully saturated rings. The number of nitrogens with one attached hydrogen (secondary N) is 1. The summed E-state index contributed by atoms with van der Waals surface area (Å²) in [6.07, 6.45) is 3.65. The minimum Gasteiger partial charge on any atom is -0.380 e. The lowest BCUT2D eigenvalue weighted by molar-refractivity contribution is 0.0826. The fourth-order valence-corrected chi connectivity index (χ4v) is 4.58. The van der Waals surface area contributed by atoms with Crippen LogP contribution in [-0.4, -0.2) is 19.1 Å². The Kier molecular flexibility index (Phi) is 3.80. The first kappa shape index (κ1) is 15.5. The quantitative estimate of drug-likeness (QED) is 0.919. The number of hydrogen-bond donors (Lipinski definition) is 1. The first-order chi connectivity index (χ1) is 10.4. The highest BCUT2D eigenvalue weighted by molar-refractivity contribution is 5.94. The molecule has 0 saturated heterocycles. The molecule has 0 heterocycles. The number of hydrogen-bond acceptors (Lipinski definition) is 2.